The average molecular weight is 381 g/mol. The van der Waals surface area contributed by atoms with Gasteiger partial charge >= 0.3 is 12.3 Å². The monoisotopic (exact) mass is 381 g/mol. The third kappa shape index (κ3) is 6.65. The van der Waals surface area contributed by atoms with Crippen LogP contribution in [0.2, 0.25) is 0 Å². The molecule has 0 atom stereocenters. The summed E-state index contributed by atoms with van der Waals surface area (Å²) in [4.78, 5) is 23.9. The van der Waals surface area contributed by atoms with Crippen LogP contribution in [0.5, 0.6) is 5.75 Å². The molecule has 27 heavy (non-hydrogen) atoms. The maximum absolute atomic E-state index is 12.1. The highest BCUT2D eigenvalue weighted by molar-refractivity contribution is 6.04. The highest BCUT2D eigenvalue weighted by atomic mass is 19.4. The first-order chi connectivity index (χ1) is 12.8. The lowest BCUT2D eigenvalue weighted by Gasteiger charge is -2.10. The largest absolute Gasteiger partial charge is 0.573 e. The van der Waals surface area contributed by atoms with Crippen LogP contribution in [0.3, 0.4) is 0 Å². The summed E-state index contributed by atoms with van der Waals surface area (Å²) in [6.45, 7) is 2.34. The number of ether oxygens (including phenoxy) is 2. The molecule has 1 amide bonds. The second kappa shape index (κ2) is 9.07. The van der Waals surface area contributed by atoms with Gasteiger partial charge in [-0.3, -0.25) is 4.79 Å². The van der Waals surface area contributed by atoms with Gasteiger partial charge in [-0.1, -0.05) is 13.3 Å². The summed E-state index contributed by atoms with van der Waals surface area (Å²) in [5, 5.41) is 2.59. The molecule has 0 aromatic heterocycles. The number of benzene rings is 2. The van der Waals surface area contributed by atoms with Gasteiger partial charge in [-0.05, 0) is 55.0 Å². The van der Waals surface area contributed by atoms with Gasteiger partial charge in [0.1, 0.15) is 5.75 Å². The van der Waals surface area contributed by atoms with E-state index in [1.54, 1.807) is 0 Å². The zero-order valence-electron chi connectivity index (χ0n) is 14.5. The summed E-state index contributed by atoms with van der Waals surface area (Å²) in [6, 6.07) is 10.7. The van der Waals surface area contributed by atoms with Crippen LogP contribution in [-0.4, -0.2) is 24.8 Å². The van der Waals surface area contributed by atoms with Gasteiger partial charge in [0.05, 0.1) is 12.2 Å². The molecule has 2 rings (SSSR count). The van der Waals surface area contributed by atoms with Crippen LogP contribution in [0.25, 0.3) is 0 Å². The molecule has 0 radical (unpaired) electrons. The molecule has 0 saturated heterocycles. The number of alkyl halides is 3. The summed E-state index contributed by atoms with van der Waals surface area (Å²) in [7, 11) is 0. The quantitative estimate of drug-likeness (QED) is 0.553. The Morgan fingerprint density at radius 1 is 0.963 bits per heavy atom. The van der Waals surface area contributed by atoms with Gasteiger partial charge in [0.15, 0.2) is 0 Å². The lowest BCUT2D eigenvalue weighted by atomic mass is 10.1. The molecule has 0 spiro atoms. The molecule has 2 aromatic rings. The van der Waals surface area contributed by atoms with Crippen molar-refractivity contribution in [2.24, 2.45) is 0 Å². The number of carbonyl (C=O) groups is 2. The van der Waals surface area contributed by atoms with Gasteiger partial charge in [0, 0.05) is 11.3 Å². The summed E-state index contributed by atoms with van der Waals surface area (Å²) < 4.78 is 45.2. The Morgan fingerprint density at radius 3 is 2.11 bits per heavy atom. The van der Waals surface area contributed by atoms with E-state index in [4.69, 9.17) is 4.74 Å². The molecule has 0 bridgehead atoms. The Kier molecular flexibility index (Phi) is 6.81. The number of hydrogen-bond donors (Lipinski definition) is 1. The second-order valence-corrected chi connectivity index (χ2v) is 5.59. The lowest BCUT2D eigenvalue weighted by Crippen LogP contribution is -2.17. The molecule has 0 unspecified atom stereocenters. The normalized spacial score (nSPS) is 11.0. The van der Waals surface area contributed by atoms with Crippen LogP contribution in [0.15, 0.2) is 48.5 Å². The van der Waals surface area contributed by atoms with Crippen molar-refractivity contribution in [3.8, 4) is 5.75 Å². The maximum atomic E-state index is 12.1. The van der Waals surface area contributed by atoms with E-state index in [-0.39, 0.29) is 5.56 Å². The number of anilines is 1. The van der Waals surface area contributed by atoms with E-state index in [0.717, 1.165) is 25.0 Å². The van der Waals surface area contributed by atoms with Crippen molar-refractivity contribution in [2.75, 3.05) is 11.9 Å². The Morgan fingerprint density at radius 2 is 1.56 bits per heavy atom. The molecule has 0 aliphatic rings. The van der Waals surface area contributed by atoms with Gasteiger partial charge in [-0.25, -0.2) is 4.79 Å². The summed E-state index contributed by atoms with van der Waals surface area (Å²) in [6.07, 6.45) is -3.09. The van der Waals surface area contributed by atoms with Crippen LogP contribution in [0, 0.1) is 0 Å². The van der Waals surface area contributed by atoms with Crippen LogP contribution >= 0.6 is 0 Å². The van der Waals surface area contributed by atoms with Crippen LogP contribution in [0.4, 0.5) is 18.9 Å². The Hall–Kier alpha value is -3.03. The summed E-state index contributed by atoms with van der Waals surface area (Å²) in [5.74, 6) is -1.36. The number of esters is 1. The van der Waals surface area contributed by atoms with Crippen molar-refractivity contribution < 1.29 is 32.2 Å². The molecule has 144 valence electrons. The molecule has 0 heterocycles. The molecule has 8 heteroatoms. The highest BCUT2D eigenvalue weighted by Gasteiger charge is 2.31. The van der Waals surface area contributed by atoms with Gasteiger partial charge < -0.3 is 14.8 Å². The average Bonchev–Trinajstić information content (AvgIpc) is 2.61. The fourth-order valence-electron chi connectivity index (χ4n) is 2.09. The highest BCUT2D eigenvalue weighted by Crippen LogP contribution is 2.23. The smallest absolute Gasteiger partial charge is 0.462 e. The first-order valence-corrected chi connectivity index (χ1v) is 8.23. The first-order valence-electron chi connectivity index (χ1n) is 8.23. The molecular formula is C19H18F3NO4. The van der Waals surface area contributed by atoms with Crippen molar-refractivity contribution >= 4 is 17.6 Å². The number of hydrogen-bond acceptors (Lipinski definition) is 4. The van der Waals surface area contributed by atoms with Crippen molar-refractivity contribution in [1.29, 1.82) is 0 Å². The summed E-state index contributed by atoms with van der Waals surface area (Å²) >= 11 is 0. The zero-order valence-corrected chi connectivity index (χ0v) is 14.5. The number of carbonyl (C=O) groups excluding carboxylic acids is 2. The fourth-order valence-corrected chi connectivity index (χ4v) is 2.09. The van der Waals surface area contributed by atoms with Crippen molar-refractivity contribution in [3.05, 3.63) is 59.7 Å². The lowest BCUT2D eigenvalue weighted by molar-refractivity contribution is -0.274. The standard InChI is InChI=1S/C19H18F3NO4/c1-2-3-12-26-18(25)14-4-8-15(9-5-14)23-17(24)13-6-10-16(11-7-13)27-19(20,21)22/h4-11H,2-3,12H2,1H3,(H,23,24). The fraction of sp³-hybridized carbons (Fsp3) is 0.263. The number of amides is 1. The van der Waals surface area contributed by atoms with Gasteiger partial charge in [0.25, 0.3) is 5.91 Å². The van der Waals surface area contributed by atoms with Crippen molar-refractivity contribution in [2.45, 2.75) is 26.1 Å². The molecule has 0 fully saturated rings. The second-order valence-electron chi connectivity index (χ2n) is 5.59. The number of unbranched alkanes of at least 4 members (excludes halogenated alkanes) is 1. The first kappa shape index (κ1) is 20.3. The van der Waals surface area contributed by atoms with Gasteiger partial charge in [-0.2, -0.15) is 0 Å². The number of rotatable bonds is 7. The van der Waals surface area contributed by atoms with Gasteiger partial charge in [-0.15, -0.1) is 13.2 Å². The Bertz CT molecular complexity index is 771. The van der Waals surface area contributed by atoms with E-state index >= 15 is 0 Å². The van der Waals surface area contributed by atoms with E-state index in [1.165, 1.54) is 36.4 Å². The molecule has 0 aliphatic carbocycles. The predicted octanol–water partition coefficient (Wildman–Crippen LogP) is 4.79. The molecule has 0 saturated carbocycles. The Labute approximate surface area is 154 Å². The molecule has 5 nitrogen and oxygen atoms in total. The number of nitrogens with one attached hydrogen (secondary N) is 1. The minimum Gasteiger partial charge on any atom is -0.462 e. The topological polar surface area (TPSA) is 64.6 Å². The van der Waals surface area contributed by atoms with Crippen molar-refractivity contribution in [3.63, 3.8) is 0 Å². The molecule has 2 aromatic carbocycles. The Balaban J connectivity index is 1.94. The van der Waals surface area contributed by atoms with E-state index in [9.17, 15) is 22.8 Å². The van der Waals surface area contributed by atoms with E-state index < -0.39 is 24.0 Å². The third-order valence-corrected chi connectivity index (χ3v) is 3.46. The molecule has 0 aliphatic heterocycles. The zero-order chi connectivity index (χ0) is 19.9. The van der Waals surface area contributed by atoms with E-state index in [0.29, 0.717) is 17.9 Å². The molecule has 1 N–H and O–H groups in total. The van der Waals surface area contributed by atoms with Crippen LogP contribution in [-0.2, 0) is 4.74 Å². The third-order valence-electron chi connectivity index (χ3n) is 3.46. The SMILES string of the molecule is CCCCOC(=O)c1ccc(NC(=O)c2ccc(OC(F)(F)F)cc2)cc1. The van der Waals surface area contributed by atoms with E-state index in [1.807, 2.05) is 6.92 Å². The van der Waals surface area contributed by atoms with Crippen molar-refractivity contribution in [1.82, 2.24) is 0 Å². The summed E-state index contributed by atoms with van der Waals surface area (Å²) in [5.41, 5.74) is 0.950. The number of halogens is 3. The van der Waals surface area contributed by atoms with Crippen LogP contribution < -0.4 is 10.1 Å². The molecular weight excluding hydrogens is 363 g/mol. The van der Waals surface area contributed by atoms with E-state index in [2.05, 4.69) is 10.1 Å². The maximum Gasteiger partial charge on any atom is 0.573 e. The minimum atomic E-state index is -4.79. The van der Waals surface area contributed by atoms with Crippen LogP contribution in [0.1, 0.15) is 40.5 Å². The minimum absolute atomic E-state index is 0.160. The van der Waals surface area contributed by atoms with Gasteiger partial charge in [0.2, 0.25) is 0 Å². The predicted molar refractivity (Wildman–Crippen MR) is 92.7 cm³/mol.